The Hall–Kier alpha value is -5.38. The number of rotatable bonds is 9. The number of piperazine rings is 1. The van der Waals surface area contributed by atoms with E-state index < -0.39 is 0 Å². The number of hydrogen-bond acceptors (Lipinski definition) is 6. The fourth-order valence-electron chi connectivity index (χ4n) is 4.99. The minimum atomic E-state index is -0.355. The number of benzene rings is 4. The average Bonchev–Trinajstić information content (AvgIpc) is 3.07. The number of carbonyl (C=O) groups excluding carboxylic acids is 3. The largest absolute Gasteiger partial charge is 0.497 e. The van der Waals surface area contributed by atoms with Gasteiger partial charge in [0.2, 0.25) is 0 Å². The number of nitrogens with one attached hydrogen (secondary N) is 2. The van der Waals surface area contributed by atoms with Crippen molar-refractivity contribution < 1.29 is 28.2 Å². The van der Waals surface area contributed by atoms with Crippen LogP contribution in [-0.2, 0) is 6.54 Å². The summed E-state index contributed by atoms with van der Waals surface area (Å²) in [5, 5.41) is 5.77. The zero-order chi connectivity index (χ0) is 31.1. The summed E-state index contributed by atoms with van der Waals surface area (Å²) < 4.78 is 23.8. The van der Waals surface area contributed by atoms with E-state index in [0.717, 1.165) is 5.56 Å². The standard InChI is InChI=1S/C34H33FN4O5/c1-43-28-13-8-24(9-14-28)34(42)39-18-16-38(17-19-39)31-15-12-27(37-32(40)25-4-3-5-29(20-25)44-2)21-30(31)33(41)36-22-23-6-10-26(35)11-7-23/h3-15,20-21H,16-19,22H2,1-2H3,(H,36,41)(H,37,40). The van der Waals surface area contributed by atoms with Crippen molar-refractivity contribution in [3.8, 4) is 11.5 Å². The van der Waals surface area contributed by atoms with Gasteiger partial charge in [0, 0.05) is 55.2 Å². The zero-order valence-corrected chi connectivity index (χ0v) is 24.5. The number of nitrogens with zero attached hydrogens (tertiary/aromatic N) is 2. The third-order valence-corrected chi connectivity index (χ3v) is 7.44. The smallest absolute Gasteiger partial charge is 0.255 e. The summed E-state index contributed by atoms with van der Waals surface area (Å²) in [4.78, 5) is 43.5. The highest BCUT2D eigenvalue weighted by Crippen LogP contribution is 2.27. The maximum Gasteiger partial charge on any atom is 0.255 e. The molecule has 10 heteroatoms. The summed E-state index contributed by atoms with van der Waals surface area (Å²) in [5.41, 5.74) is 3.23. The first-order valence-electron chi connectivity index (χ1n) is 14.1. The number of carbonyl (C=O) groups is 3. The molecule has 4 aromatic carbocycles. The van der Waals surface area contributed by atoms with Gasteiger partial charge in [-0.15, -0.1) is 0 Å². The summed E-state index contributed by atoms with van der Waals surface area (Å²) in [6.45, 7) is 2.15. The second-order valence-electron chi connectivity index (χ2n) is 10.2. The molecule has 44 heavy (non-hydrogen) atoms. The lowest BCUT2D eigenvalue weighted by molar-refractivity contribution is 0.0745. The Bertz CT molecular complexity index is 1630. The molecule has 0 unspecified atom stereocenters. The fraction of sp³-hybridized carbons (Fsp3) is 0.206. The van der Waals surface area contributed by atoms with E-state index in [1.54, 1.807) is 90.9 Å². The van der Waals surface area contributed by atoms with Gasteiger partial charge in [0.1, 0.15) is 17.3 Å². The molecule has 2 N–H and O–H groups in total. The predicted octanol–water partition coefficient (Wildman–Crippen LogP) is 4.99. The van der Waals surface area contributed by atoms with Crippen LogP contribution in [-0.4, -0.2) is 63.0 Å². The molecule has 0 atom stereocenters. The van der Waals surface area contributed by atoms with E-state index in [2.05, 4.69) is 15.5 Å². The lowest BCUT2D eigenvalue weighted by Gasteiger charge is -2.37. The Morgan fingerprint density at radius 3 is 2.14 bits per heavy atom. The normalized spacial score (nSPS) is 12.8. The first kappa shape index (κ1) is 30.1. The van der Waals surface area contributed by atoms with Crippen molar-refractivity contribution in [3.05, 3.63) is 119 Å². The van der Waals surface area contributed by atoms with Crippen molar-refractivity contribution in [1.29, 1.82) is 0 Å². The van der Waals surface area contributed by atoms with Crippen molar-refractivity contribution in [2.24, 2.45) is 0 Å². The van der Waals surface area contributed by atoms with Gasteiger partial charge in [0.05, 0.1) is 19.8 Å². The van der Waals surface area contributed by atoms with Crippen LogP contribution in [0.15, 0.2) is 91.0 Å². The molecule has 0 aliphatic carbocycles. The molecule has 226 valence electrons. The maximum absolute atomic E-state index is 13.5. The van der Waals surface area contributed by atoms with Crippen LogP contribution in [0.1, 0.15) is 36.6 Å². The molecule has 0 aromatic heterocycles. The molecule has 1 saturated heterocycles. The summed E-state index contributed by atoms with van der Waals surface area (Å²) >= 11 is 0. The summed E-state index contributed by atoms with van der Waals surface area (Å²) in [5.74, 6) is 0.114. The van der Waals surface area contributed by atoms with Gasteiger partial charge >= 0.3 is 0 Å². The van der Waals surface area contributed by atoms with Crippen LogP contribution in [0.25, 0.3) is 0 Å². The first-order valence-corrected chi connectivity index (χ1v) is 14.1. The Kier molecular flexibility index (Phi) is 9.39. The molecular weight excluding hydrogens is 563 g/mol. The number of ether oxygens (including phenoxy) is 2. The van der Waals surface area contributed by atoms with Gasteiger partial charge in [-0.05, 0) is 78.4 Å². The SMILES string of the molecule is COc1ccc(C(=O)N2CCN(c3ccc(NC(=O)c4cccc(OC)c4)cc3C(=O)NCc3ccc(F)cc3)CC2)cc1. The van der Waals surface area contributed by atoms with E-state index in [4.69, 9.17) is 9.47 Å². The minimum Gasteiger partial charge on any atom is -0.497 e. The predicted molar refractivity (Wildman–Crippen MR) is 166 cm³/mol. The van der Waals surface area contributed by atoms with Crippen LogP contribution in [0.2, 0.25) is 0 Å². The topological polar surface area (TPSA) is 100 Å². The summed E-state index contributed by atoms with van der Waals surface area (Å²) in [6.07, 6.45) is 0. The van der Waals surface area contributed by atoms with Crippen LogP contribution in [0.4, 0.5) is 15.8 Å². The molecule has 0 spiro atoms. The molecule has 1 fully saturated rings. The Morgan fingerprint density at radius 1 is 0.750 bits per heavy atom. The Balaban J connectivity index is 1.34. The summed E-state index contributed by atoms with van der Waals surface area (Å²) in [7, 11) is 3.11. The molecule has 0 radical (unpaired) electrons. The lowest BCUT2D eigenvalue weighted by Crippen LogP contribution is -2.49. The molecule has 0 saturated carbocycles. The van der Waals surface area contributed by atoms with Gasteiger partial charge in [0.15, 0.2) is 0 Å². The van der Waals surface area contributed by atoms with Crippen molar-refractivity contribution >= 4 is 29.1 Å². The molecule has 5 rings (SSSR count). The van der Waals surface area contributed by atoms with E-state index in [0.29, 0.717) is 65.7 Å². The monoisotopic (exact) mass is 596 g/mol. The number of methoxy groups -OCH3 is 2. The van der Waals surface area contributed by atoms with E-state index >= 15 is 0 Å². The molecule has 3 amide bonds. The molecule has 1 heterocycles. The number of anilines is 2. The lowest BCUT2D eigenvalue weighted by atomic mass is 10.1. The van der Waals surface area contributed by atoms with E-state index in [1.807, 2.05) is 0 Å². The van der Waals surface area contributed by atoms with Crippen LogP contribution in [0.5, 0.6) is 11.5 Å². The maximum atomic E-state index is 13.5. The molecule has 1 aliphatic heterocycles. The van der Waals surface area contributed by atoms with E-state index in [1.165, 1.54) is 19.2 Å². The van der Waals surface area contributed by atoms with Crippen molar-refractivity contribution in [3.63, 3.8) is 0 Å². The number of amides is 3. The van der Waals surface area contributed by atoms with Crippen LogP contribution in [0, 0.1) is 5.82 Å². The van der Waals surface area contributed by atoms with Gasteiger partial charge in [-0.2, -0.15) is 0 Å². The zero-order valence-electron chi connectivity index (χ0n) is 24.5. The van der Waals surface area contributed by atoms with Gasteiger partial charge < -0.3 is 29.9 Å². The van der Waals surface area contributed by atoms with Gasteiger partial charge in [-0.25, -0.2) is 4.39 Å². The second kappa shape index (κ2) is 13.7. The fourth-order valence-corrected chi connectivity index (χ4v) is 4.99. The molecule has 0 bridgehead atoms. The van der Waals surface area contributed by atoms with Crippen LogP contribution >= 0.6 is 0 Å². The quantitative estimate of drug-likeness (QED) is 0.283. The van der Waals surface area contributed by atoms with Crippen LogP contribution in [0.3, 0.4) is 0 Å². The van der Waals surface area contributed by atoms with Gasteiger partial charge in [-0.1, -0.05) is 18.2 Å². The highest BCUT2D eigenvalue weighted by atomic mass is 19.1. The highest BCUT2D eigenvalue weighted by Gasteiger charge is 2.25. The third kappa shape index (κ3) is 7.15. The van der Waals surface area contributed by atoms with Crippen LogP contribution < -0.4 is 25.0 Å². The molecule has 4 aromatic rings. The van der Waals surface area contributed by atoms with Gasteiger partial charge in [-0.3, -0.25) is 14.4 Å². The second-order valence-corrected chi connectivity index (χ2v) is 10.2. The third-order valence-electron chi connectivity index (χ3n) is 7.44. The van der Waals surface area contributed by atoms with E-state index in [-0.39, 0.29) is 30.1 Å². The Morgan fingerprint density at radius 2 is 1.45 bits per heavy atom. The number of halogens is 1. The first-order chi connectivity index (χ1) is 21.3. The van der Waals surface area contributed by atoms with Crippen molar-refractivity contribution in [1.82, 2.24) is 10.2 Å². The average molecular weight is 597 g/mol. The van der Waals surface area contributed by atoms with E-state index in [9.17, 15) is 18.8 Å². The molecule has 9 nitrogen and oxygen atoms in total. The number of hydrogen-bond donors (Lipinski definition) is 2. The van der Waals surface area contributed by atoms with Gasteiger partial charge in [0.25, 0.3) is 17.7 Å². The van der Waals surface area contributed by atoms with Crippen molar-refractivity contribution in [2.45, 2.75) is 6.54 Å². The highest BCUT2D eigenvalue weighted by molar-refractivity contribution is 6.06. The summed E-state index contributed by atoms with van der Waals surface area (Å²) in [6, 6.07) is 24.9. The molecule has 1 aliphatic rings. The minimum absolute atomic E-state index is 0.0693. The van der Waals surface area contributed by atoms with Crippen molar-refractivity contribution in [2.75, 3.05) is 50.6 Å². The molecular formula is C34H33FN4O5. The Labute approximate surface area is 255 Å².